The topological polar surface area (TPSA) is 217 Å². The number of fused-ring (bicyclic) bond motifs is 1. The standard InChI is InChI=1S/C22H20O13/c1-32-12-3-2-7(4-8(12)23)13-6-10(25)14-9(24)5-11(26)18(19(14)33-13)34-22-17(29)15(27)16(28)20(35-22)21(30)31/h2-6,15-17,20,22-24,26-29H,1H3,(H,30,31)/t15-,16-,17+,20-,22?/m0/s1. The van der Waals surface area contributed by atoms with Crippen molar-refractivity contribution in [3.8, 4) is 40.1 Å². The molecule has 0 radical (unpaired) electrons. The van der Waals surface area contributed by atoms with Crippen LogP contribution < -0.4 is 14.9 Å². The molecule has 0 amide bonds. The van der Waals surface area contributed by atoms with Crippen LogP contribution in [0.5, 0.6) is 28.7 Å². The molecule has 1 aliphatic heterocycles. The number of carboxylic acid groups (broad SMARTS) is 1. The molecule has 5 atom stereocenters. The van der Waals surface area contributed by atoms with E-state index in [2.05, 4.69) is 0 Å². The molecule has 2 heterocycles. The fourth-order valence-electron chi connectivity index (χ4n) is 3.64. The Morgan fingerprint density at radius 1 is 0.943 bits per heavy atom. The van der Waals surface area contributed by atoms with Crippen molar-refractivity contribution in [1.82, 2.24) is 0 Å². The van der Waals surface area contributed by atoms with Gasteiger partial charge in [-0.05, 0) is 18.2 Å². The molecule has 13 heteroatoms. The number of phenolic OH excluding ortho intramolecular Hbond substituents is 3. The van der Waals surface area contributed by atoms with Gasteiger partial charge in [0.2, 0.25) is 12.0 Å². The normalized spacial score (nSPS) is 24.3. The van der Waals surface area contributed by atoms with E-state index in [1.165, 1.54) is 25.3 Å². The zero-order valence-corrected chi connectivity index (χ0v) is 17.9. The third kappa shape index (κ3) is 4.17. The lowest BCUT2D eigenvalue weighted by atomic mass is 9.99. The van der Waals surface area contributed by atoms with Gasteiger partial charge in [-0.25, -0.2) is 4.79 Å². The molecule has 35 heavy (non-hydrogen) atoms. The van der Waals surface area contributed by atoms with Crippen LogP contribution >= 0.6 is 0 Å². The van der Waals surface area contributed by atoms with Gasteiger partial charge in [-0.2, -0.15) is 0 Å². The summed E-state index contributed by atoms with van der Waals surface area (Å²) in [6, 6.07) is 5.85. The third-order valence-electron chi connectivity index (χ3n) is 5.43. The van der Waals surface area contributed by atoms with E-state index in [1.807, 2.05) is 0 Å². The van der Waals surface area contributed by atoms with Crippen LogP contribution in [0.4, 0.5) is 0 Å². The summed E-state index contributed by atoms with van der Waals surface area (Å²) in [7, 11) is 1.34. The highest BCUT2D eigenvalue weighted by Gasteiger charge is 2.48. The average Bonchev–Trinajstić information content (AvgIpc) is 2.80. The quantitative estimate of drug-likeness (QED) is 0.247. The number of hydrogen-bond acceptors (Lipinski definition) is 12. The molecule has 1 aliphatic rings. The Labute approximate surface area is 195 Å². The summed E-state index contributed by atoms with van der Waals surface area (Å²) in [6.07, 6.45) is -9.89. The molecule has 1 aromatic heterocycles. The Kier molecular flexibility index (Phi) is 6.17. The molecule has 1 fully saturated rings. The van der Waals surface area contributed by atoms with Crippen LogP contribution in [0.25, 0.3) is 22.3 Å². The zero-order valence-electron chi connectivity index (χ0n) is 17.9. The molecule has 0 spiro atoms. The molecule has 3 aromatic rings. The fraction of sp³-hybridized carbons (Fsp3) is 0.273. The Morgan fingerprint density at radius 2 is 1.66 bits per heavy atom. The summed E-state index contributed by atoms with van der Waals surface area (Å²) in [5.74, 6) is -4.00. The number of aromatic hydroxyl groups is 3. The Balaban J connectivity index is 1.84. The second-order valence-electron chi connectivity index (χ2n) is 7.66. The van der Waals surface area contributed by atoms with Crippen LogP contribution in [0.3, 0.4) is 0 Å². The van der Waals surface area contributed by atoms with Gasteiger partial charge >= 0.3 is 5.97 Å². The molecule has 1 unspecified atom stereocenters. The highest BCUT2D eigenvalue weighted by atomic mass is 16.7. The molecule has 1 saturated heterocycles. The molecule has 2 aromatic carbocycles. The maximum atomic E-state index is 12.8. The number of aliphatic carboxylic acids is 1. The van der Waals surface area contributed by atoms with Crippen molar-refractivity contribution in [2.75, 3.05) is 7.11 Å². The molecular formula is C22H20O13. The highest BCUT2D eigenvalue weighted by molar-refractivity contribution is 5.91. The van der Waals surface area contributed by atoms with E-state index in [0.717, 1.165) is 12.1 Å². The van der Waals surface area contributed by atoms with Crippen molar-refractivity contribution in [2.24, 2.45) is 0 Å². The molecule has 7 N–H and O–H groups in total. The van der Waals surface area contributed by atoms with Gasteiger partial charge in [0, 0.05) is 17.7 Å². The third-order valence-corrected chi connectivity index (χ3v) is 5.43. The largest absolute Gasteiger partial charge is 0.507 e. The van der Waals surface area contributed by atoms with Crippen molar-refractivity contribution >= 4 is 16.9 Å². The fourth-order valence-corrected chi connectivity index (χ4v) is 3.64. The van der Waals surface area contributed by atoms with E-state index in [4.69, 9.17) is 18.6 Å². The smallest absolute Gasteiger partial charge is 0.335 e. The van der Waals surface area contributed by atoms with Crippen molar-refractivity contribution in [2.45, 2.75) is 30.7 Å². The summed E-state index contributed by atoms with van der Waals surface area (Å²) in [5, 5.41) is 69.5. The van der Waals surface area contributed by atoms with E-state index < -0.39 is 70.3 Å². The summed E-state index contributed by atoms with van der Waals surface area (Å²) < 4.78 is 21.1. The predicted octanol–water partition coefficient (Wildman–Crippen LogP) is -0.144. The molecule has 13 nitrogen and oxygen atoms in total. The molecule has 0 aliphatic carbocycles. The van der Waals surface area contributed by atoms with E-state index in [0.29, 0.717) is 0 Å². The van der Waals surface area contributed by atoms with Gasteiger partial charge in [-0.3, -0.25) is 4.79 Å². The summed E-state index contributed by atoms with van der Waals surface area (Å²) in [6.45, 7) is 0. The number of aliphatic hydroxyl groups excluding tert-OH is 3. The molecule has 4 rings (SSSR count). The number of hydrogen-bond donors (Lipinski definition) is 7. The van der Waals surface area contributed by atoms with Crippen molar-refractivity contribution in [3.63, 3.8) is 0 Å². The highest BCUT2D eigenvalue weighted by Crippen LogP contribution is 2.42. The maximum Gasteiger partial charge on any atom is 0.335 e. The number of carbonyl (C=O) groups is 1. The molecular weight excluding hydrogens is 472 g/mol. The number of ether oxygens (including phenoxy) is 3. The number of carboxylic acids is 1. The minimum Gasteiger partial charge on any atom is -0.507 e. The minimum absolute atomic E-state index is 0.126. The monoisotopic (exact) mass is 492 g/mol. The number of benzene rings is 2. The Morgan fingerprint density at radius 3 is 2.29 bits per heavy atom. The lowest BCUT2D eigenvalue weighted by molar-refractivity contribution is -0.271. The first-order chi connectivity index (χ1) is 16.5. The first-order valence-corrected chi connectivity index (χ1v) is 10.0. The zero-order chi connectivity index (χ0) is 25.6. The van der Waals surface area contributed by atoms with Crippen LogP contribution in [-0.2, 0) is 9.53 Å². The van der Waals surface area contributed by atoms with Gasteiger partial charge in [-0.1, -0.05) is 0 Å². The van der Waals surface area contributed by atoms with Crippen molar-refractivity contribution in [3.05, 3.63) is 40.6 Å². The number of phenols is 3. The van der Waals surface area contributed by atoms with E-state index >= 15 is 0 Å². The van der Waals surface area contributed by atoms with Gasteiger partial charge in [0.25, 0.3) is 0 Å². The lowest BCUT2D eigenvalue weighted by Gasteiger charge is -2.38. The molecule has 0 bridgehead atoms. The first-order valence-electron chi connectivity index (χ1n) is 10.0. The SMILES string of the molecule is COc1ccc(-c2cc(=O)c3c(O)cc(O)c(OC4O[C@H](C(=O)O)[C@@H](O)[C@H](O)[C@H]4O)c3o2)cc1O. The predicted molar refractivity (Wildman–Crippen MR) is 114 cm³/mol. The minimum atomic E-state index is -2.00. The van der Waals surface area contributed by atoms with Crippen LogP contribution in [0, 0.1) is 0 Å². The molecule has 186 valence electrons. The average molecular weight is 492 g/mol. The van der Waals surface area contributed by atoms with Crippen LogP contribution in [0.1, 0.15) is 0 Å². The maximum absolute atomic E-state index is 12.8. The second-order valence-corrected chi connectivity index (χ2v) is 7.66. The van der Waals surface area contributed by atoms with Crippen molar-refractivity contribution in [1.29, 1.82) is 0 Å². The second kappa shape index (κ2) is 8.96. The van der Waals surface area contributed by atoms with E-state index in [9.17, 15) is 45.3 Å². The van der Waals surface area contributed by atoms with Gasteiger partial charge < -0.3 is 54.4 Å². The van der Waals surface area contributed by atoms with E-state index in [1.54, 1.807) is 0 Å². The van der Waals surface area contributed by atoms with Gasteiger partial charge in [0.1, 0.15) is 35.2 Å². The first kappa shape index (κ1) is 24.1. The molecule has 0 saturated carbocycles. The summed E-state index contributed by atoms with van der Waals surface area (Å²) >= 11 is 0. The number of rotatable bonds is 5. The Bertz CT molecular complexity index is 1350. The van der Waals surface area contributed by atoms with Gasteiger partial charge in [0.15, 0.2) is 34.4 Å². The summed E-state index contributed by atoms with van der Waals surface area (Å²) in [4.78, 5) is 24.1. The van der Waals surface area contributed by atoms with Crippen LogP contribution in [-0.4, -0.2) is 79.5 Å². The lowest BCUT2D eigenvalue weighted by Crippen LogP contribution is -2.61. The van der Waals surface area contributed by atoms with Crippen LogP contribution in [0.15, 0.2) is 39.5 Å². The van der Waals surface area contributed by atoms with Gasteiger partial charge in [0.05, 0.1) is 7.11 Å². The number of aliphatic hydroxyl groups is 3. The van der Waals surface area contributed by atoms with Crippen LogP contribution in [0.2, 0.25) is 0 Å². The number of methoxy groups -OCH3 is 1. The Hall–Kier alpha value is -4.04. The van der Waals surface area contributed by atoms with Crippen molar-refractivity contribution < 1.29 is 59.2 Å². The summed E-state index contributed by atoms with van der Waals surface area (Å²) in [5.41, 5.74) is -1.08. The van der Waals surface area contributed by atoms with Gasteiger partial charge in [-0.15, -0.1) is 0 Å². The van der Waals surface area contributed by atoms with E-state index in [-0.39, 0.29) is 22.8 Å².